The van der Waals surface area contributed by atoms with Gasteiger partial charge in [-0.1, -0.05) is 22.0 Å². The smallest absolute Gasteiger partial charge is 0.265 e. The molecule has 1 fully saturated rings. The molecule has 1 aliphatic rings. The van der Waals surface area contributed by atoms with Crippen molar-refractivity contribution in [2.75, 3.05) is 6.54 Å². The highest BCUT2D eigenvalue weighted by Gasteiger charge is 2.25. The number of hydrogen-bond donors (Lipinski definition) is 2. The van der Waals surface area contributed by atoms with Crippen LogP contribution < -0.4 is 11.3 Å². The van der Waals surface area contributed by atoms with Gasteiger partial charge in [0.05, 0.1) is 0 Å². The Morgan fingerprint density at radius 2 is 2.20 bits per heavy atom. The average molecular weight is 340 g/mol. The van der Waals surface area contributed by atoms with Crippen molar-refractivity contribution in [1.29, 1.82) is 0 Å². The van der Waals surface area contributed by atoms with Gasteiger partial charge in [0.1, 0.15) is 0 Å². The third kappa shape index (κ3) is 4.04. The standard InChI is InChI=1S/C15H22BrN3O/c1-10(2)19(8-11-3-4-11)9-13-6-5-12(7-14(13)16)15(20)18-17/h5-7,10-11H,3-4,8-9,17H2,1-2H3,(H,18,20). The van der Waals surface area contributed by atoms with Crippen LogP contribution in [0.4, 0.5) is 0 Å². The molecule has 1 aliphatic carbocycles. The van der Waals surface area contributed by atoms with Crippen LogP contribution in [-0.4, -0.2) is 23.4 Å². The molecule has 1 aromatic rings. The first-order valence-electron chi connectivity index (χ1n) is 7.04. The minimum absolute atomic E-state index is 0.268. The normalized spacial score (nSPS) is 14.9. The summed E-state index contributed by atoms with van der Waals surface area (Å²) in [7, 11) is 0. The molecule has 5 heteroatoms. The van der Waals surface area contributed by atoms with E-state index in [0.29, 0.717) is 11.6 Å². The average Bonchev–Trinajstić information content (AvgIpc) is 3.22. The van der Waals surface area contributed by atoms with Crippen molar-refractivity contribution in [1.82, 2.24) is 10.3 Å². The van der Waals surface area contributed by atoms with Gasteiger partial charge < -0.3 is 0 Å². The molecule has 1 aromatic carbocycles. The first-order chi connectivity index (χ1) is 9.51. The van der Waals surface area contributed by atoms with Gasteiger partial charge in [-0.3, -0.25) is 15.1 Å². The molecule has 2 rings (SSSR count). The molecule has 0 aliphatic heterocycles. The van der Waals surface area contributed by atoms with Gasteiger partial charge in [-0.15, -0.1) is 0 Å². The lowest BCUT2D eigenvalue weighted by atomic mass is 10.1. The SMILES string of the molecule is CC(C)N(Cc1ccc(C(=O)NN)cc1Br)CC1CC1. The predicted octanol–water partition coefficient (Wildman–Crippen LogP) is 2.67. The number of nitrogens with two attached hydrogens (primary N) is 1. The predicted molar refractivity (Wildman–Crippen MR) is 84.1 cm³/mol. The maximum atomic E-state index is 11.5. The summed E-state index contributed by atoms with van der Waals surface area (Å²) in [5.74, 6) is 5.76. The number of benzene rings is 1. The van der Waals surface area contributed by atoms with Crippen LogP contribution in [-0.2, 0) is 6.54 Å². The molecular formula is C15H22BrN3O. The van der Waals surface area contributed by atoms with Crippen molar-refractivity contribution in [2.45, 2.75) is 39.3 Å². The topological polar surface area (TPSA) is 58.4 Å². The summed E-state index contributed by atoms with van der Waals surface area (Å²) in [5.41, 5.74) is 3.92. The second kappa shape index (κ2) is 6.70. The summed E-state index contributed by atoms with van der Waals surface area (Å²) in [6, 6.07) is 6.16. The summed E-state index contributed by atoms with van der Waals surface area (Å²) in [5, 5.41) is 0. The largest absolute Gasteiger partial charge is 0.296 e. The highest BCUT2D eigenvalue weighted by atomic mass is 79.9. The van der Waals surface area contributed by atoms with Gasteiger partial charge in [0.25, 0.3) is 5.91 Å². The van der Waals surface area contributed by atoms with Crippen molar-refractivity contribution in [3.8, 4) is 0 Å². The van der Waals surface area contributed by atoms with E-state index in [2.05, 4.69) is 40.1 Å². The van der Waals surface area contributed by atoms with Crippen LogP contribution in [0, 0.1) is 5.92 Å². The van der Waals surface area contributed by atoms with E-state index in [1.807, 2.05) is 18.2 Å². The zero-order chi connectivity index (χ0) is 14.7. The number of carbonyl (C=O) groups excluding carboxylic acids is 1. The maximum Gasteiger partial charge on any atom is 0.265 e. The summed E-state index contributed by atoms with van der Waals surface area (Å²) in [6.45, 7) is 6.52. The molecule has 4 nitrogen and oxygen atoms in total. The third-order valence-electron chi connectivity index (χ3n) is 3.74. The van der Waals surface area contributed by atoms with Crippen LogP contribution in [0.15, 0.2) is 22.7 Å². The molecule has 0 heterocycles. The van der Waals surface area contributed by atoms with E-state index in [-0.39, 0.29) is 5.91 Å². The fourth-order valence-corrected chi connectivity index (χ4v) is 2.71. The Labute approximate surface area is 128 Å². The quantitative estimate of drug-likeness (QED) is 0.476. The molecule has 110 valence electrons. The molecule has 20 heavy (non-hydrogen) atoms. The second-order valence-electron chi connectivity index (χ2n) is 5.75. The molecule has 0 radical (unpaired) electrons. The van der Waals surface area contributed by atoms with Crippen LogP contribution in [0.3, 0.4) is 0 Å². The van der Waals surface area contributed by atoms with Gasteiger partial charge in [0.15, 0.2) is 0 Å². The van der Waals surface area contributed by atoms with Gasteiger partial charge in [0.2, 0.25) is 0 Å². The number of rotatable bonds is 6. The van der Waals surface area contributed by atoms with E-state index >= 15 is 0 Å². The number of amides is 1. The van der Waals surface area contributed by atoms with Crippen molar-refractivity contribution in [2.24, 2.45) is 11.8 Å². The molecule has 0 atom stereocenters. The molecule has 0 unspecified atom stereocenters. The van der Waals surface area contributed by atoms with Gasteiger partial charge >= 0.3 is 0 Å². The second-order valence-corrected chi connectivity index (χ2v) is 6.60. The molecule has 1 saturated carbocycles. The molecular weight excluding hydrogens is 318 g/mol. The van der Waals surface area contributed by atoms with E-state index in [9.17, 15) is 4.79 Å². The minimum Gasteiger partial charge on any atom is -0.296 e. The number of nitrogens with zero attached hydrogens (tertiary/aromatic N) is 1. The molecule has 1 amide bonds. The van der Waals surface area contributed by atoms with E-state index in [1.165, 1.54) is 18.4 Å². The van der Waals surface area contributed by atoms with Crippen LogP contribution in [0.2, 0.25) is 0 Å². The van der Waals surface area contributed by atoms with Crippen molar-refractivity contribution in [3.05, 3.63) is 33.8 Å². The van der Waals surface area contributed by atoms with Gasteiger partial charge in [-0.25, -0.2) is 5.84 Å². The number of hydrogen-bond acceptors (Lipinski definition) is 3. The van der Waals surface area contributed by atoms with Crippen LogP contribution in [0.25, 0.3) is 0 Å². The van der Waals surface area contributed by atoms with Gasteiger partial charge in [-0.2, -0.15) is 0 Å². The fourth-order valence-electron chi connectivity index (χ4n) is 2.21. The fraction of sp³-hybridized carbons (Fsp3) is 0.533. The number of hydrazine groups is 1. The van der Waals surface area contributed by atoms with Crippen LogP contribution in [0.1, 0.15) is 42.6 Å². The lowest BCUT2D eigenvalue weighted by Crippen LogP contribution is -2.32. The Balaban J connectivity index is 2.09. The number of nitrogens with one attached hydrogen (secondary N) is 1. The lowest BCUT2D eigenvalue weighted by molar-refractivity contribution is 0.0953. The van der Waals surface area contributed by atoms with Gasteiger partial charge in [0, 0.05) is 29.2 Å². The van der Waals surface area contributed by atoms with Crippen LogP contribution in [0.5, 0.6) is 0 Å². The third-order valence-corrected chi connectivity index (χ3v) is 4.48. The number of nitrogen functional groups attached to an aromatic ring is 1. The Morgan fingerprint density at radius 3 is 2.70 bits per heavy atom. The van der Waals surface area contributed by atoms with E-state index in [1.54, 1.807) is 0 Å². The Bertz CT molecular complexity index is 486. The molecule has 0 spiro atoms. The summed E-state index contributed by atoms with van der Waals surface area (Å²) >= 11 is 3.56. The van der Waals surface area contributed by atoms with E-state index in [4.69, 9.17) is 5.84 Å². The molecule has 0 bridgehead atoms. The monoisotopic (exact) mass is 339 g/mol. The van der Waals surface area contributed by atoms with Crippen molar-refractivity contribution in [3.63, 3.8) is 0 Å². The molecule has 0 saturated heterocycles. The van der Waals surface area contributed by atoms with Crippen LogP contribution >= 0.6 is 15.9 Å². The number of carbonyl (C=O) groups is 1. The van der Waals surface area contributed by atoms with E-state index < -0.39 is 0 Å². The van der Waals surface area contributed by atoms with E-state index in [0.717, 1.165) is 23.5 Å². The highest BCUT2D eigenvalue weighted by Crippen LogP contribution is 2.31. The summed E-state index contributed by atoms with van der Waals surface area (Å²) in [4.78, 5) is 14.0. The first-order valence-corrected chi connectivity index (χ1v) is 7.84. The lowest BCUT2D eigenvalue weighted by Gasteiger charge is -2.27. The van der Waals surface area contributed by atoms with Crippen molar-refractivity contribution < 1.29 is 4.79 Å². The van der Waals surface area contributed by atoms with Crippen molar-refractivity contribution >= 4 is 21.8 Å². The Morgan fingerprint density at radius 1 is 1.50 bits per heavy atom. The Hall–Kier alpha value is -0.910. The zero-order valence-corrected chi connectivity index (χ0v) is 13.6. The maximum absolute atomic E-state index is 11.5. The first kappa shape index (κ1) is 15.5. The summed E-state index contributed by atoms with van der Waals surface area (Å²) < 4.78 is 0.958. The molecule has 0 aromatic heterocycles. The molecule has 3 N–H and O–H groups in total. The minimum atomic E-state index is -0.268. The highest BCUT2D eigenvalue weighted by molar-refractivity contribution is 9.10. The van der Waals surface area contributed by atoms with Gasteiger partial charge in [-0.05, 0) is 50.3 Å². The summed E-state index contributed by atoms with van der Waals surface area (Å²) in [6.07, 6.45) is 2.72. The zero-order valence-electron chi connectivity index (χ0n) is 12.0. The number of halogens is 1. The Kier molecular flexibility index (Phi) is 5.18.